The van der Waals surface area contributed by atoms with Gasteiger partial charge in [0.15, 0.2) is 11.6 Å². The van der Waals surface area contributed by atoms with Gasteiger partial charge in [-0.15, -0.1) is 0 Å². The third kappa shape index (κ3) is 5.82. The first kappa shape index (κ1) is 25.9. The molecule has 0 aliphatic rings. The maximum absolute atomic E-state index is 14.2. The van der Waals surface area contributed by atoms with Crippen LogP contribution in [-0.4, -0.2) is 34.7 Å². The number of nitrogens with one attached hydrogen (secondary N) is 2. The Morgan fingerprint density at radius 1 is 1.11 bits per heavy atom. The fraction of sp³-hybridized carbons (Fsp3) is 0.231. The summed E-state index contributed by atoms with van der Waals surface area (Å²) in [5, 5.41) is 5.46. The monoisotopic (exact) mass is 518 g/mol. The maximum Gasteiger partial charge on any atom is 0.390 e. The zero-order valence-corrected chi connectivity index (χ0v) is 19.9. The quantitative estimate of drug-likeness (QED) is 0.261. The van der Waals surface area contributed by atoms with Gasteiger partial charge in [-0.05, 0) is 49.7 Å². The third-order valence-corrected chi connectivity index (χ3v) is 5.56. The van der Waals surface area contributed by atoms with Crippen LogP contribution in [-0.2, 0) is 0 Å². The second-order valence-corrected chi connectivity index (χ2v) is 8.26. The lowest BCUT2D eigenvalue weighted by atomic mass is 10.1. The summed E-state index contributed by atoms with van der Waals surface area (Å²) in [6, 6.07) is 11.5. The molecule has 0 bridgehead atoms. The average molecular weight is 518 g/mol. The van der Waals surface area contributed by atoms with E-state index in [4.69, 9.17) is 4.74 Å². The van der Waals surface area contributed by atoms with Crippen molar-refractivity contribution in [3.8, 4) is 17.2 Å². The van der Waals surface area contributed by atoms with E-state index in [0.29, 0.717) is 34.4 Å². The van der Waals surface area contributed by atoms with E-state index in [9.17, 15) is 26.7 Å². The predicted molar refractivity (Wildman–Crippen MR) is 129 cm³/mol. The van der Waals surface area contributed by atoms with Crippen LogP contribution in [0.3, 0.4) is 0 Å². The van der Waals surface area contributed by atoms with Gasteiger partial charge in [0.2, 0.25) is 5.82 Å². The molecule has 1 amide bonds. The Morgan fingerprint density at radius 2 is 1.89 bits per heavy atom. The van der Waals surface area contributed by atoms with Gasteiger partial charge >= 0.3 is 6.18 Å². The molecule has 0 radical (unpaired) electrons. The summed E-state index contributed by atoms with van der Waals surface area (Å²) in [7, 11) is 0. The van der Waals surface area contributed by atoms with Gasteiger partial charge in [-0.1, -0.05) is 6.07 Å². The summed E-state index contributed by atoms with van der Waals surface area (Å²) >= 11 is 0. The molecule has 3 aromatic carbocycles. The number of aryl methyl sites for hydroxylation is 1. The van der Waals surface area contributed by atoms with Crippen molar-refractivity contribution in [3.05, 3.63) is 77.6 Å². The number of aromatic nitrogens is 2. The lowest BCUT2D eigenvalue weighted by Crippen LogP contribution is -2.23. The number of carbonyl (C=O) groups excluding carboxylic acids is 1. The van der Waals surface area contributed by atoms with Gasteiger partial charge in [0.25, 0.3) is 5.91 Å². The second-order valence-electron chi connectivity index (χ2n) is 8.26. The normalized spacial score (nSPS) is 11.5. The molecule has 4 rings (SSSR count). The fourth-order valence-corrected chi connectivity index (χ4v) is 3.83. The molecule has 0 aliphatic carbocycles. The number of carbonyl (C=O) groups is 1. The van der Waals surface area contributed by atoms with Crippen molar-refractivity contribution in [2.45, 2.75) is 26.4 Å². The van der Waals surface area contributed by atoms with Crippen molar-refractivity contribution in [1.82, 2.24) is 14.9 Å². The second kappa shape index (κ2) is 10.5. The molecule has 0 spiro atoms. The van der Waals surface area contributed by atoms with E-state index >= 15 is 0 Å². The van der Waals surface area contributed by atoms with E-state index in [0.717, 1.165) is 6.07 Å². The molecule has 37 heavy (non-hydrogen) atoms. The number of halogens is 5. The number of anilines is 1. The van der Waals surface area contributed by atoms with E-state index < -0.39 is 30.8 Å². The van der Waals surface area contributed by atoms with Crippen molar-refractivity contribution in [1.29, 1.82) is 0 Å². The number of benzene rings is 3. The van der Waals surface area contributed by atoms with Crippen molar-refractivity contribution in [3.63, 3.8) is 0 Å². The topological polar surface area (TPSA) is 68.2 Å². The summed E-state index contributed by atoms with van der Waals surface area (Å²) in [5.74, 6) is -2.84. The number of nitrogens with zero attached hydrogens (tertiary/aromatic N) is 2. The molecule has 11 heteroatoms. The molecule has 1 aromatic heterocycles. The predicted octanol–water partition coefficient (Wildman–Crippen LogP) is 6.52. The lowest BCUT2D eigenvalue weighted by molar-refractivity contribution is -0.131. The highest BCUT2D eigenvalue weighted by Crippen LogP contribution is 2.34. The number of ether oxygens (including phenoxy) is 1. The molecule has 0 fully saturated rings. The van der Waals surface area contributed by atoms with Gasteiger partial charge < -0.3 is 15.4 Å². The van der Waals surface area contributed by atoms with Crippen LogP contribution in [0.2, 0.25) is 0 Å². The van der Waals surface area contributed by atoms with E-state index in [-0.39, 0.29) is 23.1 Å². The van der Waals surface area contributed by atoms with E-state index in [1.165, 1.54) is 30.6 Å². The Morgan fingerprint density at radius 3 is 2.59 bits per heavy atom. The molecule has 194 valence electrons. The number of alkyl halides is 3. The number of hydrogen-bond donors (Lipinski definition) is 2. The van der Waals surface area contributed by atoms with E-state index in [1.54, 1.807) is 29.7 Å². The first-order valence-corrected chi connectivity index (χ1v) is 11.4. The molecule has 0 unspecified atom stereocenters. The molecular weight excluding hydrogens is 495 g/mol. The van der Waals surface area contributed by atoms with Crippen LogP contribution in [0.5, 0.6) is 11.5 Å². The van der Waals surface area contributed by atoms with Crippen molar-refractivity contribution >= 4 is 22.6 Å². The van der Waals surface area contributed by atoms with Gasteiger partial charge in [0.1, 0.15) is 17.6 Å². The van der Waals surface area contributed by atoms with Crippen LogP contribution >= 0.6 is 0 Å². The Balaban J connectivity index is 1.77. The Labute approximate surface area is 209 Å². The van der Waals surface area contributed by atoms with Gasteiger partial charge in [-0.25, -0.2) is 9.37 Å². The van der Waals surface area contributed by atoms with Crippen molar-refractivity contribution in [2.24, 2.45) is 0 Å². The maximum atomic E-state index is 14.2. The van der Waals surface area contributed by atoms with Crippen molar-refractivity contribution in [2.75, 3.05) is 18.4 Å². The van der Waals surface area contributed by atoms with Crippen LogP contribution in [0.15, 0.2) is 54.9 Å². The molecule has 0 aliphatic heterocycles. The zero-order chi connectivity index (χ0) is 26.7. The van der Waals surface area contributed by atoms with Crippen LogP contribution in [0.1, 0.15) is 29.3 Å². The highest BCUT2D eigenvalue weighted by atomic mass is 19.4. The minimum atomic E-state index is -4.37. The molecular formula is C26H23F5N4O2. The number of amides is 1. The number of hydrogen-bond acceptors (Lipinski definition) is 4. The van der Waals surface area contributed by atoms with Gasteiger partial charge in [-0.2, -0.15) is 17.6 Å². The zero-order valence-electron chi connectivity index (χ0n) is 19.9. The molecule has 0 saturated carbocycles. The van der Waals surface area contributed by atoms with Gasteiger partial charge in [0.05, 0.1) is 17.6 Å². The summed E-state index contributed by atoms with van der Waals surface area (Å²) in [6.07, 6.45) is -3.97. The van der Waals surface area contributed by atoms with Crippen LogP contribution in [0.25, 0.3) is 16.7 Å². The summed E-state index contributed by atoms with van der Waals surface area (Å²) < 4.78 is 73.4. The van der Waals surface area contributed by atoms with Crippen molar-refractivity contribution < 1.29 is 31.5 Å². The summed E-state index contributed by atoms with van der Waals surface area (Å²) in [5.41, 5.74) is 2.83. The Bertz CT molecular complexity index is 1450. The summed E-state index contributed by atoms with van der Waals surface area (Å²) in [6.45, 7) is 3.64. The fourth-order valence-electron chi connectivity index (χ4n) is 3.83. The largest absolute Gasteiger partial charge is 0.454 e. The number of rotatable bonds is 8. The van der Waals surface area contributed by atoms with E-state index in [1.807, 2.05) is 6.92 Å². The smallest absolute Gasteiger partial charge is 0.390 e. The number of imidazole rings is 1. The van der Waals surface area contributed by atoms with Crippen LogP contribution in [0, 0.1) is 18.6 Å². The lowest BCUT2D eigenvalue weighted by Gasteiger charge is -2.14. The highest BCUT2D eigenvalue weighted by molar-refractivity contribution is 5.96. The Hall–Kier alpha value is -4.15. The SMILES string of the molecule is CCNC(=O)c1ccc(-n2cnc3c(NCCC(F)(F)F)cc(Oc4cccc(F)c4F)cc32)cc1C. The average Bonchev–Trinajstić information content (AvgIpc) is 3.25. The van der Waals surface area contributed by atoms with Crippen LogP contribution in [0.4, 0.5) is 27.6 Å². The molecule has 4 aromatic rings. The molecule has 2 N–H and O–H groups in total. The minimum absolute atomic E-state index is 0.0592. The first-order valence-electron chi connectivity index (χ1n) is 11.4. The summed E-state index contributed by atoms with van der Waals surface area (Å²) in [4.78, 5) is 16.6. The highest BCUT2D eigenvalue weighted by Gasteiger charge is 2.26. The molecule has 0 saturated heterocycles. The molecule has 6 nitrogen and oxygen atoms in total. The minimum Gasteiger partial charge on any atom is -0.454 e. The van der Waals surface area contributed by atoms with E-state index in [2.05, 4.69) is 15.6 Å². The van der Waals surface area contributed by atoms with Crippen LogP contribution < -0.4 is 15.4 Å². The first-order chi connectivity index (χ1) is 17.6. The molecule has 1 heterocycles. The molecule has 0 atom stereocenters. The standard InChI is InChI=1S/C26H23F5N4O2/c1-3-32-25(36)18-8-7-16(11-15(18)2)35-14-34-24-20(33-10-9-26(29,30)31)12-17(13-21(24)35)37-22-6-4-5-19(27)23(22)28/h4-8,11-14,33H,3,9-10H2,1-2H3,(H,32,36). The Kier molecular flexibility index (Phi) is 7.33. The van der Waals surface area contributed by atoms with Gasteiger partial charge in [0, 0.05) is 36.5 Å². The van der Waals surface area contributed by atoms with Gasteiger partial charge in [-0.3, -0.25) is 9.36 Å². The third-order valence-electron chi connectivity index (χ3n) is 5.56. The number of fused-ring (bicyclic) bond motifs is 1.